The first-order chi connectivity index (χ1) is 10.7. The van der Waals surface area contributed by atoms with E-state index >= 15 is 0 Å². The molecule has 1 aromatic rings. The van der Waals surface area contributed by atoms with Gasteiger partial charge in [-0.15, -0.1) is 12.4 Å². The normalized spacial score (nSPS) is 11.8. The maximum Gasteiger partial charge on any atom is 0.307 e. The Morgan fingerprint density at radius 1 is 1.09 bits per heavy atom. The Labute approximate surface area is 152 Å². The minimum atomic E-state index is -0.110. The van der Waals surface area contributed by atoms with Crippen molar-refractivity contribution in [3.05, 3.63) is 35.9 Å². The number of rotatable bonds is 11. The highest BCUT2D eigenvalue weighted by atomic mass is 35.5. The summed E-state index contributed by atoms with van der Waals surface area (Å²) in [4.78, 5) is 12.0. The fraction of sp³-hybridized carbons (Fsp3) is 0.632. The summed E-state index contributed by atoms with van der Waals surface area (Å²) in [6, 6.07) is 10.0. The fourth-order valence-electron chi connectivity index (χ4n) is 2.54. The number of carbonyl (C=O) groups is 1. The van der Waals surface area contributed by atoms with Crippen molar-refractivity contribution >= 4 is 30.1 Å². The lowest BCUT2D eigenvalue weighted by Crippen LogP contribution is -2.12. The molecule has 1 aromatic carbocycles. The number of halogens is 1. The first kappa shape index (κ1) is 22.3. The summed E-state index contributed by atoms with van der Waals surface area (Å²) in [5, 5.41) is 0.693. The first-order valence-electron chi connectivity index (χ1n) is 8.57. The minimum absolute atomic E-state index is 0. The number of hydrogen-bond donors (Lipinski definition) is 0. The zero-order chi connectivity index (χ0) is 16.2. The average Bonchev–Trinajstić information content (AvgIpc) is 2.54. The Hall–Kier alpha value is -0.670. The largest absolute Gasteiger partial charge is 0.457 e. The lowest BCUT2D eigenvalue weighted by atomic mass is 10.1. The van der Waals surface area contributed by atoms with Crippen LogP contribution in [0.1, 0.15) is 71.0 Å². The standard InChI is InChI=1S/C19H30O2S.ClH/c1-4-10-17(11-5-2)22-15-14-19(20)21-18(6-3)16-12-8-7-9-13-16;/h7-9,12-13,17-18H,4-6,10-11,14-15H2,1-3H3;1H. The quantitative estimate of drug-likeness (QED) is 0.441. The number of thioether (sulfide) groups is 1. The van der Waals surface area contributed by atoms with Crippen molar-refractivity contribution in [1.82, 2.24) is 0 Å². The molecule has 0 spiro atoms. The highest BCUT2D eigenvalue weighted by molar-refractivity contribution is 7.99. The van der Waals surface area contributed by atoms with E-state index in [1.165, 1.54) is 25.7 Å². The van der Waals surface area contributed by atoms with Crippen LogP contribution in [0, 0.1) is 0 Å². The van der Waals surface area contributed by atoms with Crippen LogP contribution in [0.3, 0.4) is 0 Å². The molecule has 4 heteroatoms. The average molecular weight is 359 g/mol. The van der Waals surface area contributed by atoms with E-state index in [9.17, 15) is 4.79 Å². The summed E-state index contributed by atoms with van der Waals surface area (Å²) in [5.74, 6) is 0.796. The van der Waals surface area contributed by atoms with Gasteiger partial charge >= 0.3 is 5.97 Å². The van der Waals surface area contributed by atoms with Crippen LogP contribution in [0.25, 0.3) is 0 Å². The molecule has 0 saturated carbocycles. The van der Waals surface area contributed by atoms with E-state index < -0.39 is 0 Å². The summed E-state index contributed by atoms with van der Waals surface area (Å²) >= 11 is 1.93. The zero-order valence-corrected chi connectivity index (χ0v) is 16.3. The molecule has 1 unspecified atom stereocenters. The minimum Gasteiger partial charge on any atom is -0.457 e. The van der Waals surface area contributed by atoms with Crippen molar-refractivity contribution in [1.29, 1.82) is 0 Å². The SMILES string of the molecule is CCCC(CCC)SCCC(=O)OC(CC)c1ccccc1.Cl. The molecule has 0 aliphatic heterocycles. The van der Waals surface area contributed by atoms with Crippen molar-refractivity contribution in [2.24, 2.45) is 0 Å². The van der Waals surface area contributed by atoms with Crippen LogP contribution in [-0.4, -0.2) is 17.0 Å². The zero-order valence-electron chi connectivity index (χ0n) is 14.6. The molecule has 0 aliphatic rings. The molecule has 1 atom stereocenters. The molecule has 0 N–H and O–H groups in total. The molecular formula is C19H31ClO2S. The van der Waals surface area contributed by atoms with Gasteiger partial charge < -0.3 is 4.74 Å². The second-order valence-electron chi connectivity index (χ2n) is 5.62. The molecular weight excluding hydrogens is 328 g/mol. The van der Waals surface area contributed by atoms with Crippen molar-refractivity contribution in [3.8, 4) is 0 Å². The van der Waals surface area contributed by atoms with Crippen LogP contribution in [0.2, 0.25) is 0 Å². The Balaban J connectivity index is 0.00000484. The molecule has 0 bridgehead atoms. The van der Waals surface area contributed by atoms with E-state index in [-0.39, 0.29) is 24.5 Å². The number of ether oxygens (including phenoxy) is 1. The molecule has 0 saturated heterocycles. The molecule has 0 radical (unpaired) electrons. The summed E-state index contributed by atoms with van der Waals surface area (Å²) in [6.07, 6.45) is 6.14. The molecule has 0 amide bonds. The maximum absolute atomic E-state index is 12.0. The van der Waals surface area contributed by atoms with Gasteiger partial charge in [-0.25, -0.2) is 0 Å². The van der Waals surface area contributed by atoms with E-state index in [1.54, 1.807) is 0 Å². The lowest BCUT2D eigenvalue weighted by Gasteiger charge is -2.17. The van der Waals surface area contributed by atoms with Crippen LogP contribution in [-0.2, 0) is 9.53 Å². The Bertz CT molecular complexity index is 405. The van der Waals surface area contributed by atoms with Crippen LogP contribution in [0.5, 0.6) is 0 Å². The molecule has 2 nitrogen and oxygen atoms in total. The molecule has 0 aliphatic carbocycles. The predicted molar refractivity (Wildman–Crippen MR) is 103 cm³/mol. The summed E-state index contributed by atoms with van der Waals surface area (Å²) in [5.41, 5.74) is 1.08. The van der Waals surface area contributed by atoms with Crippen molar-refractivity contribution in [3.63, 3.8) is 0 Å². The fourth-order valence-corrected chi connectivity index (χ4v) is 3.96. The highest BCUT2D eigenvalue weighted by Gasteiger charge is 2.15. The second-order valence-corrected chi connectivity index (χ2v) is 7.03. The van der Waals surface area contributed by atoms with Gasteiger partial charge in [-0.05, 0) is 24.8 Å². The summed E-state index contributed by atoms with van der Waals surface area (Å²) in [7, 11) is 0. The number of benzene rings is 1. The topological polar surface area (TPSA) is 26.3 Å². The lowest BCUT2D eigenvalue weighted by molar-refractivity contribution is -0.149. The molecule has 0 fully saturated rings. The summed E-state index contributed by atoms with van der Waals surface area (Å²) in [6.45, 7) is 6.50. The van der Waals surface area contributed by atoms with Gasteiger partial charge in [-0.1, -0.05) is 63.9 Å². The molecule has 132 valence electrons. The number of esters is 1. The molecule has 0 aromatic heterocycles. The Morgan fingerprint density at radius 2 is 1.70 bits per heavy atom. The Kier molecular flexibility index (Phi) is 13.3. The van der Waals surface area contributed by atoms with Crippen molar-refractivity contribution in [2.45, 2.75) is 70.7 Å². The van der Waals surface area contributed by atoms with Crippen molar-refractivity contribution < 1.29 is 9.53 Å². The molecule has 0 heterocycles. The van der Waals surface area contributed by atoms with Gasteiger partial charge in [0.1, 0.15) is 6.10 Å². The molecule has 1 rings (SSSR count). The van der Waals surface area contributed by atoms with Crippen LogP contribution >= 0.6 is 24.2 Å². The van der Waals surface area contributed by atoms with E-state index in [2.05, 4.69) is 20.8 Å². The van der Waals surface area contributed by atoms with Crippen LogP contribution in [0.15, 0.2) is 30.3 Å². The van der Waals surface area contributed by atoms with E-state index in [4.69, 9.17) is 4.74 Å². The first-order valence-corrected chi connectivity index (χ1v) is 9.62. The van der Waals surface area contributed by atoms with Gasteiger partial charge in [-0.3, -0.25) is 4.79 Å². The van der Waals surface area contributed by atoms with Crippen LogP contribution < -0.4 is 0 Å². The van der Waals surface area contributed by atoms with Gasteiger partial charge in [-0.2, -0.15) is 11.8 Å². The second kappa shape index (κ2) is 13.7. The molecule has 23 heavy (non-hydrogen) atoms. The maximum atomic E-state index is 12.0. The van der Waals surface area contributed by atoms with E-state index in [1.807, 2.05) is 42.1 Å². The van der Waals surface area contributed by atoms with Gasteiger partial charge in [0, 0.05) is 11.0 Å². The third kappa shape index (κ3) is 9.26. The smallest absolute Gasteiger partial charge is 0.307 e. The summed E-state index contributed by atoms with van der Waals surface area (Å²) < 4.78 is 5.64. The third-order valence-electron chi connectivity index (χ3n) is 3.70. The Morgan fingerprint density at radius 3 is 2.22 bits per heavy atom. The van der Waals surface area contributed by atoms with E-state index in [0.29, 0.717) is 11.7 Å². The van der Waals surface area contributed by atoms with Gasteiger partial charge in [0.05, 0.1) is 6.42 Å². The van der Waals surface area contributed by atoms with Gasteiger partial charge in [0.25, 0.3) is 0 Å². The van der Waals surface area contributed by atoms with E-state index in [0.717, 1.165) is 17.7 Å². The third-order valence-corrected chi connectivity index (χ3v) is 5.08. The predicted octanol–water partition coefficient (Wildman–Crippen LogP) is 6.19. The monoisotopic (exact) mass is 358 g/mol. The van der Waals surface area contributed by atoms with Gasteiger partial charge in [0.15, 0.2) is 0 Å². The van der Waals surface area contributed by atoms with Crippen molar-refractivity contribution in [2.75, 3.05) is 5.75 Å². The van der Waals surface area contributed by atoms with Crippen LogP contribution in [0.4, 0.5) is 0 Å². The van der Waals surface area contributed by atoms with Gasteiger partial charge in [0.2, 0.25) is 0 Å². The number of hydrogen-bond acceptors (Lipinski definition) is 3. The highest BCUT2D eigenvalue weighted by Crippen LogP contribution is 2.24. The number of carbonyl (C=O) groups excluding carboxylic acids is 1.